The summed E-state index contributed by atoms with van der Waals surface area (Å²) in [6.45, 7) is 6.17. The fourth-order valence-electron chi connectivity index (χ4n) is 4.58. The van der Waals surface area contributed by atoms with Crippen LogP contribution in [-0.4, -0.2) is 29.2 Å². The average Bonchev–Trinajstić information content (AvgIpc) is 3.12. The van der Waals surface area contributed by atoms with Gasteiger partial charge in [-0.1, -0.05) is 41.9 Å². The average molecular weight is 511 g/mol. The third-order valence-electron chi connectivity index (χ3n) is 5.89. The van der Waals surface area contributed by atoms with Gasteiger partial charge in [-0.15, -0.1) is 0 Å². The molecule has 1 saturated heterocycles. The standard InChI is InChI=1S/C24H26BrClFNO3/c1-23(2,3)31-22(29)28-12-8-7-11-19(28)24(15-9-5-4-6-10-15)14-16-18(30-24)13-17(27)21(26)20(16)25/h4-6,9-10,13,19H,7-8,11-12,14H2,1-3H3/t19-,24-/m0/s1. The fraction of sp³-hybridized carbons (Fsp3) is 0.458. The van der Waals surface area contributed by atoms with Crippen LogP contribution in [0, 0.1) is 5.82 Å². The molecule has 2 atom stereocenters. The van der Waals surface area contributed by atoms with Gasteiger partial charge in [0.05, 0.1) is 11.1 Å². The van der Waals surface area contributed by atoms with Gasteiger partial charge in [0.25, 0.3) is 0 Å². The third kappa shape index (κ3) is 4.17. The van der Waals surface area contributed by atoms with Crippen LogP contribution in [0.4, 0.5) is 9.18 Å². The quantitative estimate of drug-likeness (QED) is 0.414. The molecule has 2 aliphatic rings. The SMILES string of the molecule is CC(C)(C)OC(=O)N1CCCC[C@H]1[C@@]1(c2ccccc2)Cc2c(cc(F)c(Cl)c2Br)O1. The van der Waals surface area contributed by atoms with Crippen molar-refractivity contribution in [1.82, 2.24) is 4.90 Å². The fourth-order valence-corrected chi connectivity index (χ4v) is 5.27. The van der Waals surface area contributed by atoms with Crippen molar-refractivity contribution >= 4 is 33.6 Å². The van der Waals surface area contributed by atoms with Gasteiger partial charge in [0.15, 0.2) is 5.60 Å². The van der Waals surface area contributed by atoms with Gasteiger partial charge in [0.2, 0.25) is 0 Å². The van der Waals surface area contributed by atoms with E-state index in [4.69, 9.17) is 21.1 Å². The Labute approximate surface area is 195 Å². The molecule has 31 heavy (non-hydrogen) atoms. The van der Waals surface area contributed by atoms with Gasteiger partial charge in [0.1, 0.15) is 17.2 Å². The maximum Gasteiger partial charge on any atom is 0.410 e. The smallest absolute Gasteiger partial charge is 0.410 e. The molecule has 1 fully saturated rings. The molecule has 7 heteroatoms. The van der Waals surface area contributed by atoms with Gasteiger partial charge in [-0.25, -0.2) is 9.18 Å². The summed E-state index contributed by atoms with van der Waals surface area (Å²) >= 11 is 9.63. The van der Waals surface area contributed by atoms with E-state index >= 15 is 0 Å². The first-order valence-corrected chi connectivity index (χ1v) is 11.7. The summed E-state index contributed by atoms with van der Waals surface area (Å²) < 4.78 is 27.2. The summed E-state index contributed by atoms with van der Waals surface area (Å²) in [5, 5.41) is 0.0406. The van der Waals surface area contributed by atoms with Crippen LogP contribution in [0.2, 0.25) is 5.02 Å². The Balaban J connectivity index is 1.81. The molecule has 0 aromatic heterocycles. The van der Waals surface area contributed by atoms with Crippen molar-refractivity contribution in [2.24, 2.45) is 0 Å². The first-order valence-electron chi connectivity index (χ1n) is 10.5. The van der Waals surface area contributed by atoms with E-state index in [1.54, 1.807) is 4.90 Å². The lowest BCUT2D eigenvalue weighted by molar-refractivity contribution is -0.0479. The first-order chi connectivity index (χ1) is 14.6. The number of nitrogens with zero attached hydrogens (tertiary/aromatic N) is 1. The summed E-state index contributed by atoms with van der Waals surface area (Å²) in [4.78, 5) is 15.0. The highest BCUT2D eigenvalue weighted by Crippen LogP contribution is 2.51. The molecule has 2 aromatic rings. The summed E-state index contributed by atoms with van der Waals surface area (Å²) in [5.41, 5.74) is 0.290. The molecule has 0 saturated carbocycles. The van der Waals surface area contributed by atoms with Crippen molar-refractivity contribution in [3.05, 3.63) is 62.8 Å². The molecule has 4 rings (SSSR count). The van der Waals surface area contributed by atoms with Crippen molar-refractivity contribution in [2.75, 3.05) is 6.54 Å². The van der Waals surface area contributed by atoms with Crippen LogP contribution in [0.1, 0.15) is 51.2 Å². The minimum Gasteiger partial charge on any atom is -0.480 e. The van der Waals surface area contributed by atoms with E-state index in [2.05, 4.69) is 15.9 Å². The number of carbonyl (C=O) groups is 1. The Morgan fingerprint density at radius 2 is 2.00 bits per heavy atom. The van der Waals surface area contributed by atoms with E-state index in [0.717, 1.165) is 30.4 Å². The molecular weight excluding hydrogens is 485 g/mol. The highest BCUT2D eigenvalue weighted by molar-refractivity contribution is 9.10. The second kappa shape index (κ2) is 8.28. The van der Waals surface area contributed by atoms with Crippen molar-refractivity contribution in [1.29, 1.82) is 0 Å². The Kier molecular flexibility index (Phi) is 5.99. The number of piperidine rings is 1. The van der Waals surface area contributed by atoms with Gasteiger partial charge >= 0.3 is 6.09 Å². The van der Waals surface area contributed by atoms with E-state index in [0.29, 0.717) is 23.2 Å². The zero-order valence-electron chi connectivity index (χ0n) is 17.9. The number of likely N-dealkylation sites (tertiary alicyclic amines) is 1. The lowest BCUT2D eigenvalue weighted by Gasteiger charge is -2.46. The molecule has 0 N–H and O–H groups in total. The van der Waals surface area contributed by atoms with Crippen molar-refractivity contribution in [2.45, 2.75) is 63.7 Å². The summed E-state index contributed by atoms with van der Waals surface area (Å²) in [6.07, 6.45) is 2.74. The molecule has 1 amide bonds. The van der Waals surface area contributed by atoms with Crippen LogP contribution in [0.3, 0.4) is 0 Å². The second-order valence-electron chi connectivity index (χ2n) is 9.18. The van der Waals surface area contributed by atoms with Gasteiger partial charge < -0.3 is 14.4 Å². The van der Waals surface area contributed by atoms with E-state index in [1.165, 1.54) is 6.07 Å². The minimum atomic E-state index is -0.861. The maximum atomic E-state index is 14.4. The van der Waals surface area contributed by atoms with Gasteiger partial charge in [-0.3, -0.25) is 0 Å². The van der Waals surface area contributed by atoms with Crippen LogP contribution in [-0.2, 0) is 16.8 Å². The number of hydrogen-bond donors (Lipinski definition) is 0. The molecular formula is C24H26BrClFNO3. The van der Waals surface area contributed by atoms with Gasteiger partial charge in [0, 0.05) is 29.1 Å². The Hall–Kier alpha value is -1.79. The number of halogens is 3. The number of hydrogen-bond acceptors (Lipinski definition) is 3. The normalized spacial score (nSPS) is 23.3. The highest BCUT2D eigenvalue weighted by atomic mass is 79.9. The molecule has 0 radical (unpaired) electrons. The summed E-state index contributed by atoms with van der Waals surface area (Å²) in [7, 11) is 0. The Morgan fingerprint density at radius 3 is 2.68 bits per heavy atom. The third-order valence-corrected chi connectivity index (χ3v) is 7.36. The summed E-state index contributed by atoms with van der Waals surface area (Å²) in [6, 6.07) is 10.9. The number of benzene rings is 2. The monoisotopic (exact) mass is 509 g/mol. The van der Waals surface area contributed by atoms with E-state index in [-0.39, 0.29) is 17.2 Å². The van der Waals surface area contributed by atoms with Crippen LogP contribution in [0.25, 0.3) is 0 Å². The van der Waals surface area contributed by atoms with Gasteiger partial charge in [-0.2, -0.15) is 0 Å². The van der Waals surface area contributed by atoms with E-state index < -0.39 is 17.0 Å². The van der Waals surface area contributed by atoms with Crippen LogP contribution < -0.4 is 4.74 Å². The molecule has 4 nitrogen and oxygen atoms in total. The number of rotatable bonds is 2. The lowest BCUT2D eigenvalue weighted by Crippen LogP contribution is -2.58. The largest absolute Gasteiger partial charge is 0.480 e. The topological polar surface area (TPSA) is 38.8 Å². The van der Waals surface area contributed by atoms with Crippen LogP contribution >= 0.6 is 27.5 Å². The number of fused-ring (bicyclic) bond motifs is 1. The molecule has 0 bridgehead atoms. The minimum absolute atomic E-state index is 0.0406. The molecule has 0 unspecified atom stereocenters. The summed E-state index contributed by atoms with van der Waals surface area (Å²) in [5.74, 6) is -0.0869. The molecule has 0 spiro atoms. The Bertz CT molecular complexity index is 995. The highest BCUT2D eigenvalue weighted by Gasteiger charge is 2.53. The predicted octanol–water partition coefficient (Wildman–Crippen LogP) is 6.86. The number of ether oxygens (including phenoxy) is 2. The zero-order valence-corrected chi connectivity index (χ0v) is 20.2. The van der Waals surface area contributed by atoms with E-state index in [9.17, 15) is 9.18 Å². The Morgan fingerprint density at radius 1 is 1.29 bits per heavy atom. The van der Waals surface area contributed by atoms with Gasteiger partial charge in [-0.05, 0) is 61.5 Å². The van der Waals surface area contributed by atoms with Crippen molar-refractivity contribution in [3.63, 3.8) is 0 Å². The molecule has 166 valence electrons. The molecule has 2 heterocycles. The number of amides is 1. The molecule has 2 aliphatic heterocycles. The van der Waals surface area contributed by atoms with Crippen molar-refractivity contribution < 1.29 is 18.7 Å². The maximum absolute atomic E-state index is 14.4. The van der Waals surface area contributed by atoms with Crippen LogP contribution in [0.5, 0.6) is 5.75 Å². The van der Waals surface area contributed by atoms with E-state index in [1.807, 2.05) is 51.1 Å². The zero-order chi connectivity index (χ0) is 22.4. The van der Waals surface area contributed by atoms with Crippen molar-refractivity contribution in [3.8, 4) is 5.75 Å². The first kappa shape index (κ1) is 22.4. The lowest BCUT2D eigenvalue weighted by atomic mass is 9.78. The number of carbonyl (C=O) groups excluding carboxylic acids is 1. The second-order valence-corrected chi connectivity index (χ2v) is 10.4. The molecule has 0 aliphatic carbocycles. The predicted molar refractivity (Wildman–Crippen MR) is 122 cm³/mol. The molecule has 2 aromatic carbocycles. The van der Waals surface area contributed by atoms with Crippen LogP contribution in [0.15, 0.2) is 40.9 Å².